The van der Waals surface area contributed by atoms with Gasteiger partial charge in [-0.3, -0.25) is 9.48 Å². The van der Waals surface area contributed by atoms with Crippen LogP contribution in [-0.2, 0) is 17.8 Å². The van der Waals surface area contributed by atoms with Crippen molar-refractivity contribution >= 4 is 11.7 Å². The minimum Gasteiger partial charge on any atom is -0.493 e. The van der Waals surface area contributed by atoms with E-state index in [1.54, 1.807) is 43.5 Å². The van der Waals surface area contributed by atoms with Crippen LogP contribution in [0.1, 0.15) is 36.5 Å². The van der Waals surface area contributed by atoms with Gasteiger partial charge in [0.1, 0.15) is 29.0 Å². The Morgan fingerprint density at radius 1 is 1.14 bits per heavy atom. The fourth-order valence-corrected chi connectivity index (χ4v) is 4.16. The maximum Gasteiger partial charge on any atom is 0.249 e. The van der Waals surface area contributed by atoms with Crippen molar-refractivity contribution in [1.82, 2.24) is 9.78 Å². The Morgan fingerprint density at radius 2 is 1.80 bits per heavy atom. The number of carbonyl (C=O) groups excluding carboxylic acids is 1. The summed E-state index contributed by atoms with van der Waals surface area (Å²) in [4.78, 5) is 12.4. The van der Waals surface area contributed by atoms with Crippen LogP contribution in [0.3, 0.4) is 0 Å². The van der Waals surface area contributed by atoms with Crippen molar-refractivity contribution in [1.29, 1.82) is 5.26 Å². The first-order valence-corrected chi connectivity index (χ1v) is 10.9. The number of hydrogen-bond donors (Lipinski definition) is 1. The van der Waals surface area contributed by atoms with Crippen molar-refractivity contribution in [2.24, 2.45) is 5.41 Å². The second-order valence-electron chi connectivity index (χ2n) is 9.12. The highest BCUT2D eigenvalue weighted by molar-refractivity contribution is 5.91. The third kappa shape index (κ3) is 5.98. The van der Waals surface area contributed by atoms with Gasteiger partial charge in [0.05, 0.1) is 19.6 Å². The molecule has 2 aromatic carbocycles. The van der Waals surface area contributed by atoms with Gasteiger partial charge in [0.2, 0.25) is 11.8 Å². The van der Waals surface area contributed by atoms with Crippen molar-refractivity contribution < 1.29 is 27.1 Å². The third-order valence-corrected chi connectivity index (χ3v) is 5.71. The van der Waals surface area contributed by atoms with Gasteiger partial charge >= 0.3 is 0 Å². The number of nitriles is 1. The normalized spacial score (nSPS) is 15.7. The van der Waals surface area contributed by atoms with Crippen LogP contribution in [0.2, 0.25) is 0 Å². The number of ether oxygens (including phenoxy) is 1. The number of halogens is 4. The van der Waals surface area contributed by atoms with Gasteiger partial charge in [0.25, 0.3) is 0 Å². The number of benzene rings is 2. The molecule has 1 aromatic heterocycles. The molecule has 1 amide bonds. The van der Waals surface area contributed by atoms with E-state index in [0.29, 0.717) is 5.75 Å². The van der Waals surface area contributed by atoms with Crippen LogP contribution in [0.25, 0.3) is 0 Å². The molecule has 0 atom stereocenters. The minimum atomic E-state index is -2.61. The van der Waals surface area contributed by atoms with Crippen LogP contribution in [0.5, 0.6) is 5.75 Å². The van der Waals surface area contributed by atoms with E-state index in [0.717, 1.165) is 17.7 Å². The maximum absolute atomic E-state index is 13.8. The molecule has 1 aliphatic carbocycles. The number of rotatable bonds is 8. The molecule has 0 unspecified atom stereocenters. The Morgan fingerprint density at radius 3 is 2.40 bits per heavy atom. The number of alkyl halides is 2. The van der Waals surface area contributed by atoms with E-state index < -0.39 is 28.5 Å². The molecule has 1 heterocycles. The zero-order valence-corrected chi connectivity index (χ0v) is 18.8. The lowest BCUT2D eigenvalue weighted by Gasteiger charge is -2.44. The summed E-state index contributed by atoms with van der Waals surface area (Å²) in [7, 11) is 0. The van der Waals surface area contributed by atoms with E-state index in [9.17, 15) is 22.4 Å². The molecule has 0 saturated heterocycles. The number of amides is 1. The zero-order chi connectivity index (χ0) is 25.2. The second-order valence-corrected chi connectivity index (χ2v) is 9.12. The predicted molar refractivity (Wildman–Crippen MR) is 119 cm³/mol. The Kier molecular flexibility index (Phi) is 6.52. The molecule has 0 spiro atoms. The van der Waals surface area contributed by atoms with E-state index in [1.807, 2.05) is 0 Å². The standard InChI is InChI=1S/C25H22F4N4O2/c1-24(13-25(28,29)14-24)15-35-18-4-2-16(3-5-18)10-23(34)31-22-6-7-33(32-22)12-17-8-20(26)19(11-30)21(27)9-17/h2-9H,10,12-15H2,1H3,(H,31,32,34). The summed E-state index contributed by atoms with van der Waals surface area (Å²) < 4.78 is 60.8. The number of nitrogens with one attached hydrogen (secondary N) is 1. The van der Waals surface area contributed by atoms with Crippen molar-refractivity contribution in [3.63, 3.8) is 0 Å². The first kappa shape index (κ1) is 24.3. The zero-order valence-electron chi connectivity index (χ0n) is 18.8. The van der Waals surface area contributed by atoms with Crippen molar-refractivity contribution in [2.45, 2.75) is 38.7 Å². The van der Waals surface area contributed by atoms with Crippen LogP contribution >= 0.6 is 0 Å². The highest BCUT2D eigenvalue weighted by atomic mass is 19.3. The monoisotopic (exact) mass is 486 g/mol. The molecule has 1 N–H and O–H groups in total. The quantitative estimate of drug-likeness (QED) is 0.451. The molecule has 1 fully saturated rings. The van der Waals surface area contributed by atoms with Gasteiger partial charge in [-0.2, -0.15) is 10.4 Å². The molecule has 4 rings (SSSR count). The Bertz CT molecular complexity index is 1250. The average molecular weight is 486 g/mol. The maximum atomic E-state index is 13.8. The minimum absolute atomic E-state index is 0.0492. The summed E-state index contributed by atoms with van der Waals surface area (Å²) in [6.45, 7) is 2.02. The van der Waals surface area contributed by atoms with Gasteiger partial charge in [-0.15, -0.1) is 0 Å². The van der Waals surface area contributed by atoms with E-state index in [1.165, 1.54) is 10.8 Å². The lowest BCUT2D eigenvalue weighted by Crippen LogP contribution is -2.47. The van der Waals surface area contributed by atoms with Gasteiger partial charge in [0.15, 0.2) is 5.82 Å². The smallest absolute Gasteiger partial charge is 0.249 e. The van der Waals surface area contributed by atoms with Gasteiger partial charge in [0, 0.05) is 30.5 Å². The average Bonchev–Trinajstić information content (AvgIpc) is 3.18. The van der Waals surface area contributed by atoms with Crippen LogP contribution < -0.4 is 10.1 Å². The van der Waals surface area contributed by atoms with Gasteiger partial charge in [-0.25, -0.2) is 17.6 Å². The van der Waals surface area contributed by atoms with E-state index in [4.69, 9.17) is 10.00 Å². The molecule has 1 saturated carbocycles. The molecule has 0 aliphatic heterocycles. The summed E-state index contributed by atoms with van der Waals surface area (Å²) in [5, 5.41) is 15.6. The third-order valence-electron chi connectivity index (χ3n) is 5.71. The van der Waals surface area contributed by atoms with E-state index in [2.05, 4.69) is 10.4 Å². The van der Waals surface area contributed by atoms with E-state index >= 15 is 0 Å². The highest BCUT2D eigenvalue weighted by Gasteiger charge is 2.54. The van der Waals surface area contributed by atoms with Crippen LogP contribution in [0, 0.1) is 28.4 Å². The molecule has 6 nitrogen and oxygen atoms in total. The topological polar surface area (TPSA) is 79.9 Å². The fourth-order valence-electron chi connectivity index (χ4n) is 4.16. The largest absolute Gasteiger partial charge is 0.493 e. The molecule has 0 radical (unpaired) electrons. The summed E-state index contributed by atoms with van der Waals surface area (Å²) in [6, 6.07) is 12.0. The van der Waals surface area contributed by atoms with Crippen LogP contribution in [-0.4, -0.2) is 28.2 Å². The Hall–Kier alpha value is -3.87. The fraction of sp³-hybridized carbons (Fsp3) is 0.320. The predicted octanol–water partition coefficient (Wildman–Crippen LogP) is 5.08. The molecular formula is C25H22F4N4O2. The second kappa shape index (κ2) is 9.41. The SMILES string of the molecule is CC1(COc2ccc(CC(=O)Nc3ccn(Cc4cc(F)c(C#N)c(F)c4)n3)cc2)CC(F)(F)C1. The van der Waals surface area contributed by atoms with Crippen molar-refractivity contribution in [3.05, 3.63) is 77.0 Å². The molecule has 3 aromatic rings. The number of hydrogen-bond acceptors (Lipinski definition) is 4. The van der Waals surface area contributed by atoms with Crippen molar-refractivity contribution in [2.75, 3.05) is 11.9 Å². The molecule has 10 heteroatoms. The van der Waals surface area contributed by atoms with Gasteiger partial charge in [-0.05, 0) is 35.4 Å². The Labute approximate surface area is 199 Å². The van der Waals surface area contributed by atoms with Crippen LogP contribution in [0.4, 0.5) is 23.4 Å². The lowest BCUT2D eigenvalue weighted by atomic mass is 9.68. The Balaban J connectivity index is 1.27. The summed E-state index contributed by atoms with van der Waals surface area (Å²) in [5.41, 5.74) is -0.172. The summed E-state index contributed by atoms with van der Waals surface area (Å²) in [6.07, 6.45) is 1.25. The number of anilines is 1. The van der Waals surface area contributed by atoms with Gasteiger partial charge < -0.3 is 10.1 Å². The number of aromatic nitrogens is 2. The molecular weight excluding hydrogens is 464 g/mol. The number of carbonyl (C=O) groups is 1. The lowest BCUT2D eigenvalue weighted by molar-refractivity contribution is -0.164. The molecule has 182 valence electrons. The molecule has 0 bridgehead atoms. The summed E-state index contributed by atoms with van der Waals surface area (Å²) in [5.74, 6) is -4.00. The molecule has 35 heavy (non-hydrogen) atoms. The first-order chi connectivity index (χ1) is 16.5. The van der Waals surface area contributed by atoms with Gasteiger partial charge in [-0.1, -0.05) is 19.1 Å². The van der Waals surface area contributed by atoms with Crippen molar-refractivity contribution in [3.8, 4) is 11.8 Å². The van der Waals surface area contributed by atoms with Crippen LogP contribution in [0.15, 0.2) is 48.7 Å². The number of nitrogens with zero attached hydrogens (tertiary/aromatic N) is 3. The highest BCUT2D eigenvalue weighted by Crippen LogP contribution is 2.51. The summed E-state index contributed by atoms with van der Waals surface area (Å²) >= 11 is 0. The molecule has 1 aliphatic rings. The first-order valence-electron chi connectivity index (χ1n) is 10.9. The van der Waals surface area contributed by atoms with E-state index in [-0.39, 0.29) is 49.7 Å².